The monoisotopic (exact) mass is 487 g/mol. The standard InChI is InChI=1S/C21H33N3O2.HI/c1-2-22-21(24-19-5-3-4-6-19)23-15-17-7-9-18(10-8-17)16-26-20-11-13-25-14-12-20;/h7-10,19-20H,2-6,11-16H2,1H3,(H2,22,23,24);1H. The molecule has 0 bridgehead atoms. The Kier molecular flexibility index (Phi) is 10.4. The molecule has 6 heteroatoms. The fourth-order valence-corrected chi connectivity index (χ4v) is 3.55. The molecule has 1 aromatic rings. The van der Waals surface area contributed by atoms with E-state index < -0.39 is 0 Å². The van der Waals surface area contributed by atoms with Crippen molar-refractivity contribution in [1.29, 1.82) is 0 Å². The van der Waals surface area contributed by atoms with E-state index in [0.717, 1.165) is 38.6 Å². The third kappa shape index (κ3) is 7.95. The van der Waals surface area contributed by atoms with Crippen LogP contribution in [-0.2, 0) is 22.6 Å². The zero-order valence-corrected chi connectivity index (χ0v) is 18.7. The number of guanidine groups is 1. The maximum atomic E-state index is 5.99. The van der Waals surface area contributed by atoms with Gasteiger partial charge in [0.05, 0.1) is 19.3 Å². The van der Waals surface area contributed by atoms with Crippen LogP contribution < -0.4 is 10.6 Å². The molecule has 1 aliphatic carbocycles. The molecular formula is C21H34IN3O2. The first kappa shape index (κ1) is 22.4. The number of hydrogen-bond donors (Lipinski definition) is 2. The van der Waals surface area contributed by atoms with E-state index in [-0.39, 0.29) is 24.0 Å². The summed E-state index contributed by atoms with van der Waals surface area (Å²) in [6.07, 6.45) is 7.53. The van der Waals surface area contributed by atoms with E-state index in [2.05, 4.69) is 41.8 Å². The largest absolute Gasteiger partial charge is 0.381 e. The number of rotatable bonds is 7. The average Bonchev–Trinajstić information content (AvgIpc) is 3.19. The van der Waals surface area contributed by atoms with E-state index in [9.17, 15) is 0 Å². The van der Waals surface area contributed by atoms with Gasteiger partial charge in [0.25, 0.3) is 0 Å². The molecule has 2 fully saturated rings. The third-order valence-corrected chi connectivity index (χ3v) is 5.14. The molecule has 0 amide bonds. The quantitative estimate of drug-likeness (QED) is 0.347. The third-order valence-electron chi connectivity index (χ3n) is 5.14. The van der Waals surface area contributed by atoms with Crippen molar-refractivity contribution in [3.8, 4) is 0 Å². The Bertz CT molecular complexity index is 553. The summed E-state index contributed by atoms with van der Waals surface area (Å²) in [6.45, 7) is 6.03. The summed E-state index contributed by atoms with van der Waals surface area (Å²) in [5.74, 6) is 0.936. The van der Waals surface area contributed by atoms with Crippen LogP contribution in [0, 0.1) is 0 Å². The zero-order chi connectivity index (χ0) is 18.0. The molecule has 2 N–H and O–H groups in total. The Morgan fingerprint density at radius 3 is 2.41 bits per heavy atom. The highest BCUT2D eigenvalue weighted by atomic mass is 127. The lowest BCUT2D eigenvalue weighted by Gasteiger charge is -2.22. The lowest BCUT2D eigenvalue weighted by Crippen LogP contribution is -2.42. The van der Waals surface area contributed by atoms with Crippen molar-refractivity contribution >= 4 is 29.9 Å². The van der Waals surface area contributed by atoms with Gasteiger partial charge >= 0.3 is 0 Å². The number of halogens is 1. The Morgan fingerprint density at radius 2 is 1.74 bits per heavy atom. The molecule has 152 valence electrons. The Balaban J connectivity index is 0.00000261. The van der Waals surface area contributed by atoms with Gasteiger partial charge < -0.3 is 20.1 Å². The summed E-state index contributed by atoms with van der Waals surface area (Å²) in [4.78, 5) is 4.75. The lowest BCUT2D eigenvalue weighted by atomic mass is 10.1. The Morgan fingerprint density at radius 1 is 1.07 bits per heavy atom. The van der Waals surface area contributed by atoms with Crippen molar-refractivity contribution in [2.75, 3.05) is 19.8 Å². The maximum absolute atomic E-state index is 5.99. The first-order valence-electron chi connectivity index (χ1n) is 10.2. The predicted molar refractivity (Wildman–Crippen MR) is 121 cm³/mol. The van der Waals surface area contributed by atoms with Gasteiger partial charge in [0, 0.05) is 25.8 Å². The first-order chi connectivity index (χ1) is 12.8. The second-order valence-electron chi connectivity index (χ2n) is 7.26. The zero-order valence-electron chi connectivity index (χ0n) is 16.4. The predicted octanol–water partition coefficient (Wildman–Crippen LogP) is 4.00. The normalized spacial score (nSPS) is 18.9. The van der Waals surface area contributed by atoms with Crippen LogP contribution >= 0.6 is 24.0 Å². The van der Waals surface area contributed by atoms with Crippen molar-refractivity contribution in [3.63, 3.8) is 0 Å². The van der Waals surface area contributed by atoms with Gasteiger partial charge in [-0.15, -0.1) is 24.0 Å². The molecule has 0 spiro atoms. The smallest absolute Gasteiger partial charge is 0.191 e. The summed E-state index contributed by atoms with van der Waals surface area (Å²) in [6, 6.07) is 9.21. The van der Waals surface area contributed by atoms with Crippen molar-refractivity contribution in [1.82, 2.24) is 10.6 Å². The minimum absolute atomic E-state index is 0. The summed E-state index contributed by atoms with van der Waals surface area (Å²) < 4.78 is 11.4. The summed E-state index contributed by atoms with van der Waals surface area (Å²) in [7, 11) is 0. The van der Waals surface area contributed by atoms with Crippen LogP contribution in [0.3, 0.4) is 0 Å². The molecule has 1 aromatic carbocycles. The van der Waals surface area contributed by atoms with Gasteiger partial charge in [-0.25, -0.2) is 4.99 Å². The molecule has 0 unspecified atom stereocenters. The molecule has 2 aliphatic rings. The Hall–Kier alpha value is -0.860. The topological polar surface area (TPSA) is 54.9 Å². The highest BCUT2D eigenvalue weighted by Crippen LogP contribution is 2.17. The summed E-state index contributed by atoms with van der Waals surface area (Å²) >= 11 is 0. The van der Waals surface area contributed by atoms with Crippen LogP contribution in [0.4, 0.5) is 0 Å². The van der Waals surface area contributed by atoms with Crippen molar-refractivity contribution in [2.24, 2.45) is 4.99 Å². The van der Waals surface area contributed by atoms with Crippen LogP contribution in [0.15, 0.2) is 29.3 Å². The van der Waals surface area contributed by atoms with Crippen LogP contribution in [-0.4, -0.2) is 37.9 Å². The number of benzene rings is 1. The van der Waals surface area contributed by atoms with Crippen LogP contribution in [0.2, 0.25) is 0 Å². The number of ether oxygens (including phenoxy) is 2. The van der Waals surface area contributed by atoms with E-state index >= 15 is 0 Å². The highest BCUT2D eigenvalue weighted by molar-refractivity contribution is 14.0. The fraction of sp³-hybridized carbons (Fsp3) is 0.667. The number of aliphatic imine (C=N–C) groups is 1. The summed E-state index contributed by atoms with van der Waals surface area (Å²) in [5.41, 5.74) is 2.45. The van der Waals surface area contributed by atoms with Crippen molar-refractivity contribution in [2.45, 2.75) is 70.7 Å². The molecule has 0 atom stereocenters. The van der Waals surface area contributed by atoms with Crippen LogP contribution in [0.5, 0.6) is 0 Å². The lowest BCUT2D eigenvalue weighted by molar-refractivity contribution is -0.0390. The molecule has 1 saturated heterocycles. The summed E-state index contributed by atoms with van der Waals surface area (Å²) in [5, 5.41) is 6.92. The molecule has 3 rings (SSSR count). The minimum atomic E-state index is 0. The molecule has 1 heterocycles. The van der Waals surface area contributed by atoms with E-state index in [0.29, 0.717) is 25.3 Å². The average molecular weight is 487 g/mol. The van der Waals surface area contributed by atoms with E-state index in [1.54, 1.807) is 0 Å². The van der Waals surface area contributed by atoms with E-state index in [1.807, 2.05) is 0 Å². The molecule has 1 aliphatic heterocycles. The van der Waals surface area contributed by atoms with E-state index in [1.165, 1.54) is 36.8 Å². The molecule has 27 heavy (non-hydrogen) atoms. The van der Waals surface area contributed by atoms with Gasteiger partial charge in [0.1, 0.15) is 0 Å². The SMILES string of the molecule is CCNC(=NCc1ccc(COC2CCOCC2)cc1)NC1CCCC1.I. The van der Waals surface area contributed by atoms with Crippen molar-refractivity contribution < 1.29 is 9.47 Å². The Labute approximate surface area is 180 Å². The van der Waals surface area contributed by atoms with E-state index in [4.69, 9.17) is 14.5 Å². The number of hydrogen-bond acceptors (Lipinski definition) is 3. The molecule has 0 aromatic heterocycles. The van der Waals surface area contributed by atoms with Crippen LogP contribution in [0.1, 0.15) is 56.6 Å². The number of nitrogens with zero attached hydrogens (tertiary/aromatic N) is 1. The van der Waals surface area contributed by atoms with Gasteiger partial charge in [0.15, 0.2) is 5.96 Å². The molecular weight excluding hydrogens is 453 g/mol. The molecule has 5 nitrogen and oxygen atoms in total. The van der Waals surface area contributed by atoms with Crippen molar-refractivity contribution in [3.05, 3.63) is 35.4 Å². The molecule has 1 saturated carbocycles. The second-order valence-corrected chi connectivity index (χ2v) is 7.26. The molecule has 0 radical (unpaired) electrons. The fourth-order valence-electron chi connectivity index (χ4n) is 3.55. The van der Waals surface area contributed by atoms with Gasteiger partial charge in [-0.1, -0.05) is 37.1 Å². The minimum Gasteiger partial charge on any atom is -0.381 e. The van der Waals surface area contributed by atoms with Gasteiger partial charge in [-0.05, 0) is 43.7 Å². The highest BCUT2D eigenvalue weighted by Gasteiger charge is 2.16. The maximum Gasteiger partial charge on any atom is 0.191 e. The van der Waals surface area contributed by atoms with Crippen LogP contribution in [0.25, 0.3) is 0 Å². The van der Waals surface area contributed by atoms with Gasteiger partial charge in [-0.3, -0.25) is 0 Å². The number of nitrogens with one attached hydrogen (secondary N) is 2. The van der Waals surface area contributed by atoms with Gasteiger partial charge in [-0.2, -0.15) is 0 Å². The second kappa shape index (κ2) is 12.6. The van der Waals surface area contributed by atoms with Gasteiger partial charge in [0.2, 0.25) is 0 Å². The first-order valence-corrected chi connectivity index (χ1v) is 10.2.